The number of nitrogens with zero attached hydrogens (tertiary/aromatic N) is 1. The monoisotopic (exact) mass is 258 g/mol. The Morgan fingerprint density at radius 1 is 1.33 bits per heavy atom. The molecule has 0 aromatic rings. The molecule has 0 aliphatic rings. The first-order chi connectivity index (χ1) is 8.13. The molecule has 1 atom stereocenters. The summed E-state index contributed by atoms with van der Waals surface area (Å²) in [7, 11) is 1.73. The number of carbonyl (C=O) groups excluding carboxylic acids is 1. The molecule has 0 bridgehead atoms. The quantitative estimate of drug-likeness (QED) is 0.767. The number of amides is 2. The second kappa shape index (κ2) is 6.61. The van der Waals surface area contributed by atoms with Crippen LogP contribution in [0.25, 0.3) is 0 Å². The Hall–Kier alpha value is -1.26. The fraction of sp³-hybridized carbons (Fsp3) is 0.846. The third-order valence-electron chi connectivity index (χ3n) is 3.67. The van der Waals surface area contributed by atoms with Crippen LogP contribution in [-0.4, -0.2) is 41.1 Å². The van der Waals surface area contributed by atoms with Gasteiger partial charge < -0.3 is 15.3 Å². The lowest BCUT2D eigenvalue weighted by atomic mass is 9.96. The minimum absolute atomic E-state index is 0.00714. The van der Waals surface area contributed by atoms with Crippen molar-refractivity contribution in [2.75, 3.05) is 13.6 Å². The molecule has 18 heavy (non-hydrogen) atoms. The van der Waals surface area contributed by atoms with Gasteiger partial charge in [-0.1, -0.05) is 20.8 Å². The highest BCUT2D eigenvalue weighted by atomic mass is 16.4. The smallest absolute Gasteiger partial charge is 0.317 e. The summed E-state index contributed by atoms with van der Waals surface area (Å²) in [5, 5.41) is 11.7. The van der Waals surface area contributed by atoms with E-state index in [1.807, 2.05) is 34.6 Å². The van der Waals surface area contributed by atoms with Crippen molar-refractivity contribution < 1.29 is 14.7 Å². The molecule has 1 unspecified atom stereocenters. The molecular weight excluding hydrogens is 232 g/mol. The summed E-state index contributed by atoms with van der Waals surface area (Å²) in [5.41, 5.74) is -0.235. The number of rotatable bonds is 6. The van der Waals surface area contributed by atoms with E-state index in [4.69, 9.17) is 5.11 Å². The fourth-order valence-electron chi connectivity index (χ4n) is 1.44. The van der Waals surface area contributed by atoms with Gasteiger partial charge in [-0.3, -0.25) is 4.79 Å². The van der Waals surface area contributed by atoms with Gasteiger partial charge >= 0.3 is 12.0 Å². The predicted molar refractivity (Wildman–Crippen MR) is 71.5 cm³/mol. The van der Waals surface area contributed by atoms with Crippen LogP contribution in [0.3, 0.4) is 0 Å². The van der Waals surface area contributed by atoms with Gasteiger partial charge in [0, 0.05) is 19.1 Å². The minimum Gasteiger partial charge on any atom is -0.481 e. The third kappa shape index (κ3) is 4.55. The average Bonchev–Trinajstić information content (AvgIpc) is 2.26. The van der Waals surface area contributed by atoms with Crippen molar-refractivity contribution in [2.24, 2.45) is 11.8 Å². The molecule has 5 nitrogen and oxygen atoms in total. The Balaban J connectivity index is 4.46. The van der Waals surface area contributed by atoms with Gasteiger partial charge in [0.25, 0.3) is 0 Å². The van der Waals surface area contributed by atoms with E-state index in [0.29, 0.717) is 0 Å². The van der Waals surface area contributed by atoms with Gasteiger partial charge in [0.05, 0.1) is 5.92 Å². The topological polar surface area (TPSA) is 69.6 Å². The largest absolute Gasteiger partial charge is 0.481 e. The van der Waals surface area contributed by atoms with Crippen molar-refractivity contribution in [1.29, 1.82) is 0 Å². The van der Waals surface area contributed by atoms with Gasteiger partial charge in [-0.15, -0.1) is 0 Å². The number of carbonyl (C=O) groups is 2. The summed E-state index contributed by atoms with van der Waals surface area (Å²) >= 11 is 0. The lowest BCUT2D eigenvalue weighted by molar-refractivity contribution is -0.142. The zero-order chi connectivity index (χ0) is 14.5. The van der Waals surface area contributed by atoms with Crippen LogP contribution >= 0.6 is 0 Å². The fourth-order valence-corrected chi connectivity index (χ4v) is 1.44. The lowest BCUT2D eigenvalue weighted by Crippen LogP contribution is -2.50. The summed E-state index contributed by atoms with van der Waals surface area (Å²) < 4.78 is 0. The molecule has 2 N–H and O–H groups in total. The summed E-state index contributed by atoms with van der Waals surface area (Å²) in [4.78, 5) is 24.5. The van der Waals surface area contributed by atoms with Crippen LogP contribution in [0.15, 0.2) is 0 Å². The number of carboxylic acids is 1. The van der Waals surface area contributed by atoms with Crippen LogP contribution in [0.4, 0.5) is 4.79 Å². The Bertz CT molecular complexity index is 301. The van der Waals surface area contributed by atoms with E-state index in [-0.39, 0.29) is 24.0 Å². The minimum atomic E-state index is -0.872. The lowest BCUT2D eigenvalue weighted by Gasteiger charge is -2.35. The van der Waals surface area contributed by atoms with Crippen molar-refractivity contribution in [1.82, 2.24) is 10.2 Å². The highest BCUT2D eigenvalue weighted by molar-refractivity contribution is 5.76. The molecule has 0 saturated carbocycles. The summed E-state index contributed by atoms with van der Waals surface area (Å²) in [6, 6.07) is -0.228. The Morgan fingerprint density at radius 3 is 2.17 bits per heavy atom. The highest BCUT2D eigenvalue weighted by Crippen LogP contribution is 2.16. The SMILES string of the molecule is CCC(C)(C)N(C)C(=O)NCC(C(=O)O)C(C)C. The van der Waals surface area contributed by atoms with E-state index < -0.39 is 11.9 Å². The van der Waals surface area contributed by atoms with Gasteiger partial charge in [-0.05, 0) is 26.2 Å². The molecule has 0 aromatic carbocycles. The first-order valence-electron chi connectivity index (χ1n) is 6.38. The number of hydrogen-bond acceptors (Lipinski definition) is 2. The van der Waals surface area contributed by atoms with Gasteiger partial charge in [-0.2, -0.15) is 0 Å². The molecule has 0 radical (unpaired) electrons. The molecule has 106 valence electrons. The van der Waals surface area contributed by atoms with Crippen LogP contribution in [0.5, 0.6) is 0 Å². The van der Waals surface area contributed by atoms with Gasteiger partial charge in [0.15, 0.2) is 0 Å². The average molecular weight is 258 g/mol. The molecule has 5 heteroatoms. The molecule has 0 aromatic heterocycles. The van der Waals surface area contributed by atoms with Gasteiger partial charge in [0.2, 0.25) is 0 Å². The maximum Gasteiger partial charge on any atom is 0.317 e. The molecule has 0 heterocycles. The van der Waals surface area contributed by atoms with E-state index in [1.54, 1.807) is 11.9 Å². The zero-order valence-electron chi connectivity index (χ0n) is 12.3. The van der Waals surface area contributed by atoms with Gasteiger partial charge in [-0.25, -0.2) is 4.79 Å². The molecule has 2 amide bonds. The van der Waals surface area contributed by atoms with Crippen LogP contribution < -0.4 is 5.32 Å². The molecule has 0 spiro atoms. The van der Waals surface area contributed by atoms with Crippen molar-refractivity contribution in [3.05, 3.63) is 0 Å². The van der Waals surface area contributed by atoms with Crippen LogP contribution in [0, 0.1) is 11.8 Å². The summed E-state index contributed by atoms with van der Waals surface area (Å²) in [6.45, 7) is 9.80. The van der Waals surface area contributed by atoms with E-state index in [9.17, 15) is 9.59 Å². The van der Waals surface area contributed by atoms with Crippen molar-refractivity contribution in [2.45, 2.75) is 46.6 Å². The first kappa shape index (κ1) is 16.7. The van der Waals surface area contributed by atoms with Crippen molar-refractivity contribution in [3.63, 3.8) is 0 Å². The van der Waals surface area contributed by atoms with Crippen LogP contribution in [-0.2, 0) is 4.79 Å². The first-order valence-corrected chi connectivity index (χ1v) is 6.38. The molecule has 0 saturated heterocycles. The Kier molecular flexibility index (Phi) is 6.15. The Labute approximate surface area is 110 Å². The number of urea groups is 1. The normalized spacial score (nSPS) is 13.3. The molecule has 0 aliphatic carbocycles. The maximum absolute atomic E-state index is 11.9. The standard InChI is InChI=1S/C13H26N2O3/c1-7-13(4,5)15(6)12(18)14-8-10(9(2)3)11(16)17/h9-10H,7-8H2,1-6H3,(H,14,18)(H,16,17). The van der Waals surface area contributed by atoms with E-state index in [1.165, 1.54) is 0 Å². The van der Waals surface area contributed by atoms with Crippen LogP contribution in [0.2, 0.25) is 0 Å². The molecule has 0 aliphatic heterocycles. The number of hydrogen-bond donors (Lipinski definition) is 2. The van der Waals surface area contributed by atoms with Crippen molar-refractivity contribution >= 4 is 12.0 Å². The zero-order valence-corrected chi connectivity index (χ0v) is 12.3. The van der Waals surface area contributed by atoms with Crippen molar-refractivity contribution in [3.8, 4) is 0 Å². The van der Waals surface area contributed by atoms with E-state index >= 15 is 0 Å². The molecule has 0 rings (SSSR count). The second-order valence-corrected chi connectivity index (χ2v) is 5.60. The summed E-state index contributed by atoms with van der Waals surface area (Å²) in [6.07, 6.45) is 0.837. The van der Waals surface area contributed by atoms with Crippen LogP contribution in [0.1, 0.15) is 41.0 Å². The highest BCUT2D eigenvalue weighted by Gasteiger charge is 2.27. The maximum atomic E-state index is 11.9. The van der Waals surface area contributed by atoms with E-state index in [2.05, 4.69) is 5.32 Å². The third-order valence-corrected chi connectivity index (χ3v) is 3.67. The predicted octanol–water partition coefficient (Wildman–Crippen LogP) is 2.17. The summed E-state index contributed by atoms with van der Waals surface area (Å²) in [5.74, 6) is -1.43. The molecule has 0 fully saturated rings. The number of carboxylic acid groups (broad SMARTS) is 1. The number of nitrogens with one attached hydrogen (secondary N) is 1. The second-order valence-electron chi connectivity index (χ2n) is 5.60. The molecular formula is C13H26N2O3. The number of aliphatic carboxylic acids is 1. The van der Waals surface area contributed by atoms with E-state index in [0.717, 1.165) is 6.42 Å². The van der Waals surface area contributed by atoms with Gasteiger partial charge in [0.1, 0.15) is 0 Å². The Morgan fingerprint density at radius 2 is 1.83 bits per heavy atom.